The molecule has 0 aromatic heterocycles. The first-order valence-electron chi connectivity index (χ1n) is 5.94. The van der Waals surface area contributed by atoms with Gasteiger partial charge in [-0.15, -0.1) is 0 Å². The zero-order chi connectivity index (χ0) is 9.97. The predicted molar refractivity (Wildman–Crippen MR) is 57.3 cm³/mol. The molecule has 2 aliphatic rings. The minimum Gasteiger partial charge on any atom is -0.390 e. The van der Waals surface area contributed by atoms with Crippen LogP contribution in [0.5, 0.6) is 0 Å². The summed E-state index contributed by atoms with van der Waals surface area (Å²) < 4.78 is 0. The number of nitrogens with zero attached hydrogens (tertiary/aromatic N) is 1. The van der Waals surface area contributed by atoms with Gasteiger partial charge >= 0.3 is 0 Å². The van der Waals surface area contributed by atoms with Crippen molar-refractivity contribution in [2.75, 3.05) is 26.2 Å². The van der Waals surface area contributed by atoms with E-state index >= 15 is 0 Å². The van der Waals surface area contributed by atoms with Crippen LogP contribution in [0.3, 0.4) is 0 Å². The molecule has 0 saturated carbocycles. The van der Waals surface area contributed by atoms with Crippen LogP contribution in [0.2, 0.25) is 0 Å². The van der Waals surface area contributed by atoms with Gasteiger partial charge in [0.2, 0.25) is 0 Å². The lowest BCUT2D eigenvalue weighted by Gasteiger charge is -2.25. The molecule has 2 rings (SSSR count). The van der Waals surface area contributed by atoms with E-state index in [1.54, 1.807) is 0 Å². The number of hydrogen-bond acceptors (Lipinski definition) is 3. The minimum atomic E-state index is -0.143. The molecular formula is C11H22N2O. The van der Waals surface area contributed by atoms with Gasteiger partial charge in [0.1, 0.15) is 0 Å². The summed E-state index contributed by atoms with van der Waals surface area (Å²) in [5.41, 5.74) is 0. The van der Waals surface area contributed by atoms with Crippen LogP contribution in [0, 0.1) is 5.92 Å². The summed E-state index contributed by atoms with van der Waals surface area (Å²) >= 11 is 0. The maximum Gasteiger partial charge on any atom is 0.0831 e. The topological polar surface area (TPSA) is 35.5 Å². The Morgan fingerprint density at radius 1 is 1.43 bits per heavy atom. The van der Waals surface area contributed by atoms with Crippen LogP contribution >= 0.6 is 0 Å². The number of hydrogen-bond donors (Lipinski definition) is 2. The van der Waals surface area contributed by atoms with Gasteiger partial charge < -0.3 is 10.4 Å². The molecular weight excluding hydrogens is 176 g/mol. The van der Waals surface area contributed by atoms with Crippen LogP contribution in [-0.2, 0) is 0 Å². The molecule has 3 atom stereocenters. The van der Waals surface area contributed by atoms with E-state index in [0.29, 0.717) is 6.04 Å². The predicted octanol–water partition coefficient (Wildman–Crippen LogP) is 0.441. The Kier molecular flexibility index (Phi) is 3.42. The first kappa shape index (κ1) is 10.4. The molecule has 0 aromatic rings. The second-order valence-electron chi connectivity index (χ2n) is 4.73. The summed E-state index contributed by atoms with van der Waals surface area (Å²) in [4.78, 5) is 2.48. The Bertz CT molecular complexity index is 186. The van der Waals surface area contributed by atoms with Gasteiger partial charge in [0.05, 0.1) is 6.10 Å². The average molecular weight is 198 g/mol. The maximum atomic E-state index is 9.76. The van der Waals surface area contributed by atoms with Crippen molar-refractivity contribution in [2.45, 2.75) is 38.3 Å². The molecule has 82 valence electrons. The van der Waals surface area contributed by atoms with Gasteiger partial charge in [0, 0.05) is 25.7 Å². The molecule has 0 amide bonds. The van der Waals surface area contributed by atoms with Crippen molar-refractivity contribution in [3.8, 4) is 0 Å². The third kappa shape index (κ3) is 2.10. The molecule has 2 fully saturated rings. The summed E-state index contributed by atoms with van der Waals surface area (Å²) in [6.45, 7) is 6.40. The summed E-state index contributed by atoms with van der Waals surface area (Å²) in [6, 6.07) is 0.386. The zero-order valence-corrected chi connectivity index (χ0v) is 9.08. The van der Waals surface area contributed by atoms with E-state index in [1.807, 2.05) is 0 Å². The van der Waals surface area contributed by atoms with Gasteiger partial charge in [-0.1, -0.05) is 13.3 Å². The Labute approximate surface area is 86.5 Å². The maximum absolute atomic E-state index is 9.76. The monoisotopic (exact) mass is 198 g/mol. The van der Waals surface area contributed by atoms with Crippen molar-refractivity contribution in [3.05, 3.63) is 0 Å². The average Bonchev–Trinajstić information content (AvgIpc) is 2.74. The van der Waals surface area contributed by atoms with E-state index in [0.717, 1.165) is 19.0 Å². The fourth-order valence-electron chi connectivity index (χ4n) is 2.83. The Morgan fingerprint density at radius 2 is 2.29 bits per heavy atom. The van der Waals surface area contributed by atoms with Gasteiger partial charge in [-0.3, -0.25) is 4.90 Å². The van der Waals surface area contributed by atoms with Crippen molar-refractivity contribution in [3.63, 3.8) is 0 Å². The molecule has 2 N–H and O–H groups in total. The molecule has 3 heteroatoms. The normalized spacial score (nSPS) is 39.4. The van der Waals surface area contributed by atoms with Crippen molar-refractivity contribution in [1.82, 2.24) is 10.2 Å². The van der Waals surface area contributed by atoms with E-state index < -0.39 is 0 Å². The highest BCUT2D eigenvalue weighted by atomic mass is 16.3. The van der Waals surface area contributed by atoms with Gasteiger partial charge in [-0.25, -0.2) is 0 Å². The first-order valence-corrected chi connectivity index (χ1v) is 5.94. The molecule has 3 unspecified atom stereocenters. The van der Waals surface area contributed by atoms with E-state index in [-0.39, 0.29) is 6.10 Å². The third-order valence-electron chi connectivity index (χ3n) is 3.63. The molecule has 2 heterocycles. The first-order chi connectivity index (χ1) is 6.81. The van der Waals surface area contributed by atoms with Crippen molar-refractivity contribution in [1.29, 1.82) is 0 Å². The zero-order valence-electron chi connectivity index (χ0n) is 9.08. The standard InChI is InChI=1S/C11H22N2O/c1-2-3-9-4-5-13(8-9)10-6-12-7-11(10)14/h9-12,14H,2-8H2,1H3. The highest BCUT2D eigenvalue weighted by molar-refractivity contribution is 4.91. The molecule has 0 aliphatic carbocycles. The Balaban J connectivity index is 1.82. The number of likely N-dealkylation sites (tertiary alicyclic amines) is 1. The fraction of sp³-hybridized carbons (Fsp3) is 1.00. The van der Waals surface area contributed by atoms with Crippen LogP contribution in [0.1, 0.15) is 26.2 Å². The van der Waals surface area contributed by atoms with E-state index in [1.165, 1.54) is 32.4 Å². The van der Waals surface area contributed by atoms with E-state index in [2.05, 4.69) is 17.1 Å². The summed E-state index contributed by atoms with van der Waals surface area (Å²) in [7, 11) is 0. The largest absolute Gasteiger partial charge is 0.390 e. The van der Waals surface area contributed by atoms with Crippen molar-refractivity contribution >= 4 is 0 Å². The smallest absolute Gasteiger partial charge is 0.0831 e. The molecule has 0 radical (unpaired) electrons. The van der Waals surface area contributed by atoms with Gasteiger partial charge in [0.25, 0.3) is 0 Å². The fourth-order valence-corrected chi connectivity index (χ4v) is 2.83. The van der Waals surface area contributed by atoms with Crippen LogP contribution < -0.4 is 5.32 Å². The molecule has 2 aliphatic heterocycles. The molecule has 0 aromatic carbocycles. The lowest BCUT2D eigenvalue weighted by Crippen LogP contribution is -2.41. The number of rotatable bonds is 3. The Hall–Kier alpha value is -0.120. The van der Waals surface area contributed by atoms with Crippen LogP contribution in [0.25, 0.3) is 0 Å². The molecule has 3 nitrogen and oxygen atoms in total. The Morgan fingerprint density at radius 3 is 2.93 bits per heavy atom. The molecule has 0 spiro atoms. The quantitative estimate of drug-likeness (QED) is 0.691. The van der Waals surface area contributed by atoms with E-state index in [9.17, 15) is 5.11 Å². The second kappa shape index (κ2) is 4.60. The van der Waals surface area contributed by atoms with Crippen LogP contribution in [0.4, 0.5) is 0 Å². The summed E-state index contributed by atoms with van der Waals surface area (Å²) in [6.07, 6.45) is 3.84. The van der Waals surface area contributed by atoms with Crippen molar-refractivity contribution in [2.24, 2.45) is 5.92 Å². The highest BCUT2D eigenvalue weighted by Crippen LogP contribution is 2.24. The minimum absolute atomic E-state index is 0.143. The van der Waals surface area contributed by atoms with Gasteiger partial charge in [0.15, 0.2) is 0 Å². The number of nitrogens with one attached hydrogen (secondary N) is 1. The van der Waals surface area contributed by atoms with Crippen LogP contribution in [-0.4, -0.2) is 48.3 Å². The third-order valence-corrected chi connectivity index (χ3v) is 3.63. The lowest BCUT2D eigenvalue weighted by atomic mass is 10.0. The highest BCUT2D eigenvalue weighted by Gasteiger charge is 2.34. The molecule has 2 saturated heterocycles. The van der Waals surface area contributed by atoms with Crippen LogP contribution in [0.15, 0.2) is 0 Å². The summed E-state index contributed by atoms with van der Waals surface area (Å²) in [5.74, 6) is 0.882. The molecule has 0 bridgehead atoms. The number of aliphatic hydroxyl groups is 1. The van der Waals surface area contributed by atoms with Crippen molar-refractivity contribution < 1.29 is 5.11 Å². The van der Waals surface area contributed by atoms with Gasteiger partial charge in [-0.2, -0.15) is 0 Å². The molecule has 14 heavy (non-hydrogen) atoms. The number of β-amino-alcohol motifs (C(OH)–C–C–N with tert-alkyl or cyclic N) is 1. The summed E-state index contributed by atoms with van der Waals surface area (Å²) in [5, 5.41) is 13.0. The second-order valence-corrected chi connectivity index (χ2v) is 4.73. The number of aliphatic hydroxyl groups excluding tert-OH is 1. The van der Waals surface area contributed by atoms with Gasteiger partial charge in [-0.05, 0) is 25.3 Å². The lowest BCUT2D eigenvalue weighted by molar-refractivity contribution is 0.0958. The SMILES string of the molecule is CCCC1CCN(C2CNCC2O)C1. The van der Waals surface area contributed by atoms with E-state index in [4.69, 9.17) is 0 Å².